The molecule has 1 saturated heterocycles. The average Bonchev–Trinajstić information content (AvgIpc) is 3.66. The molecule has 5 rings (SSSR count). The zero-order valence-electron chi connectivity index (χ0n) is 25.8. The minimum atomic E-state index is -1.13. The maximum Gasteiger partial charge on any atom is 0.289 e. The molecule has 0 radical (unpaired) electrons. The van der Waals surface area contributed by atoms with Crippen LogP contribution < -0.4 is 20.7 Å². The van der Waals surface area contributed by atoms with Crippen LogP contribution in [0.15, 0.2) is 24.3 Å². The summed E-state index contributed by atoms with van der Waals surface area (Å²) in [4.78, 5) is 69.7. The van der Waals surface area contributed by atoms with E-state index in [0.29, 0.717) is 36.7 Å². The van der Waals surface area contributed by atoms with Crippen molar-refractivity contribution < 1.29 is 28.7 Å². The molecule has 10 heteroatoms. The fourth-order valence-corrected chi connectivity index (χ4v) is 7.17. The van der Waals surface area contributed by atoms with E-state index in [1.54, 1.807) is 13.2 Å². The van der Waals surface area contributed by atoms with Gasteiger partial charge in [0.1, 0.15) is 5.75 Å². The molecule has 0 unspecified atom stereocenters. The van der Waals surface area contributed by atoms with Crippen molar-refractivity contribution in [1.29, 1.82) is 0 Å². The fraction of sp³-hybridized carbons (Fsp3) is 0.618. The second-order valence-electron chi connectivity index (χ2n) is 12.9. The molecule has 2 heterocycles. The van der Waals surface area contributed by atoms with E-state index in [-0.39, 0.29) is 30.6 Å². The zero-order valence-corrected chi connectivity index (χ0v) is 25.8. The summed E-state index contributed by atoms with van der Waals surface area (Å²) >= 11 is 0. The number of hydrogen-bond donors (Lipinski definition) is 4. The highest BCUT2D eigenvalue weighted by Gasteiger charge is 2.37. The first-order valence-corrected chi connectivity index (χ1v) is 16.4. The summed E-state index contributed by atoms with van der Waals surface area (Å²) in [6.45, 7) is 0.502. The third-order valence-electron chi connectivity index (χ3n) is 9.75. The van der Waals surface area contributed by atoms with E-state index >= 15 is 0 Å². The summed E-state index contributed by atoms with van der Waals surface area (Å²) in [6.07, 6.45) is 11.2. The third kappa shape index (κ3) is 8.07. The van der Waals surface area contributed by atoms with Gasteiger partial charge in [-0.25, -0.2) is 0 Å². The number of aromatic nitrogens is 1. The maximum absolute atomic E-state index is 13.9. The normalized spacial score (nSPS) is 20.9. The standard InChI is InChI=1S/C34H46N4O6/c1-44-26-12-13-27-23(17-26)19-28(37-27)30(39)20-24(16-21-8-4-2-5-9-21)33(42)38-29(18-22-14-15-35-32(22)41)31(40)34(43)36-25-10-6-3-7-11-25/h12-13,17,19,21-22,24-25,29,37H,2-11,14-16,18,20H2,1H3,(H,35,41)(H,36,43)(H,38,42)/t22-,24-,29-/m0/s1. The molecule has 3 aliphatic rings. The first kappa shape index (κ1) is 31.7. The second-order valence-corrected chi connectivity index (χ2v) is 12.9. The quantitative estimate of drug-likeness (QED) is 0.197. The molecular formula is C34H46N4O6. The second kappa shape index (κ2) is 14.9. The summed E-state index contributed by atoms with van der Waals surface area (Å²) in [7, 11) is 1.59. The smallest absolute Gasteiger partial charge is 0.289 e. The van der Waals surface area contributed by atoms with Crippen molar-refractivity contribution in [2.24, 2.45) is 17.8 Å². The number of aromatic amines is 1. The molecule has 1 aromatic carbocycles. The van der Waals surface area contributed by atoms with Crippen LogP contribution >= 0.6 is 0 Å². The lowest BCUT2D eigenvalue weighted by atomic mass is 9.80. The summed E-state index contributed by atoms with van der Waals surface area (Å²) in [5.74, 6) is -2.35. The monoisotopic (exact) mass is 606 g/mol. The Bertz CT molecular complexity index is 1360. The van der Waals surface area contributed by atoms with Gasteiger partial charge < -0.3 is 25.7 Å². The Kier molecular flexibility index (Phi) is 10.7. The average molecular weight is 607 g/mol. The molecule has 238 valence electrons. The lowest BCUT2D eigenvalue weighted by Gasteiger charge is -2.28. The van der Waals surface area contributed by atoms with Crippen molar-refractivity contribution in [3.8, 4) is 5.75 Å². The zero-order chi connectivity index (χ0) is 31.1. The van der Waals surface area contributed by atoms with E-state index in [1.165, 1.54) is 6.42 Å². The van der Waals surface area contributed by atoms with Crippen molar-refractivity contribution >= 4 is 40.2 Å². The molecule has 3 atom stereocenters. The van der Waals surface area contributed by atoms with Gasteiger partial charge in [0, 0.05) is 41.7 Å². The molecule has 0 spiro atoms. The van der Waals surface area contributed by atoms with Gasteiger partial charge in [-0.05, 0) is 62.3 Å². The molecular weight excluding hydrogens is 560 g/mol. The summed E-state index contributed by atoms with van der Waals surface area (Å²) < 4.78 is 5.31. The third-order valence-corrected chi connectivity index (χ3v) is 9.75. The van der Waals surface area contributed by atoms with Crippen molar-refractivity contribution in [2.45, 2.75) is 102 Å². The molecule has 10 nitrogen and oxygen atoms in total. The van der Waals surface area contributed by atoms with Gasteiger partial charge in [-0.1, -0.05) is 51.4 Å². The molecule has 3 fully saturated rings. The number of methoxy groups -OCH3 is 1. The highest BCUT2D eigenvalue weighted by Crippen LogP contribution is 2.32. The van der Waals surface area contributed by atoms with E-state index < -0.39 is 35.5 Å². The Labute approximate surface area is 258 Å². The summed E-state index contributed by atoms with van der Waals surface area (Å²) in [6, 6.07) is 6.10. The highest BCUT2D eigenvalue weighted by atomic mass is 16.5. The number of amides is 3. The number of nitrogens with one attached hydrogen (secondary N) is 4. The number of benzene rings is 1. The Morgan fingerprint density at radius 1 is 0.932 bits per heavy atom. The molecule has 0 bridgehead atoms. The van der Waals surface area contributed by atoms with Crippen LogP contribution in [0.2, 0.25) is 0 Å². The number of Topliss-reactive ketones (excluding diaryl/α,β-unsaturated/α-hetero) is 2. The number of hydrogen-bond acceptors (Lipinski definition) is 6. The number of ketones is 2. The highest BCUT2D eigenvalue weighted by molar-refractivity contribution is 6.38. The van der Waals surface area contributed by atoms with Gasteiger partial charge in [0.25, 0.3) is 5.91 Å². The van der Waals surface area contributed by atoms with Crippen LogP contribution in [0.25, 0.3) is 10.9 Å². The van der Waals surface area contributed by atoms with Crippen molar-refractivity contribution in [1.82, 2.24) is 20.9 Å². The molecule has 3 amide bonds. The van der Waals surface area contributed by atoms with Crippen LogP contribution in [-0.4, -0.2) is 60.0 Å². The Morgan fingerprint density at radius 2 is 1.66 bits per heavy atom. The molecule has 2 saturated carbocycles. The first-order chi connectivity index (χ1) is 21.3. The Hall–Kier alpha value is -3.69. The van der Waals surface area contributed by atoms with E-state index in [1.807, 2.05) is 18.2 Å². The van der Waals surface area contributed by atoms with Gasteiger partial charge in [0.15, 0.2) is 5.78 Å². The molecule has 4 N–H and O–H groups in total. The van der Waals surface area contributed by atoms with Crippen molar-refractivity contribution in [3.05, 3.63) is 30.0 Å². The van der Waals surface area contributed by atoms with Crippen LogP contribution in [0.4, 0.5) is 0 Å². The van der Waals surface area contributed by atoms with Crippen molar-refractivity contribution in [3.63, 3.8) is 0 Å². The number of rotatable bonds is 13. The number of carbonyl (C=O) groups is 5. The number of carbonyl (C=O) groups excluding carboxylic acids is 5. The molecule has 1 aliphatic heterocycles. The lowest BCUT2D eigenvalue weighted by molar-refractivity contribution is -0.141. The van der Waals surface area contributed by atoms with Crippen LogP contribution in [0.1, 0.15) is 100 Å². The van der Waals surface area contributed by atoms with E-state index in [2.05, 4.69) is 20.9 Å². The summed E-state index contributed by atoms with van der Waals surface area (Å²) in [5.41, 5.74) is 1.21. The van der Waals surface area contributed by atoms with E-state index in [9.17, 15) is 24.0 Å². The van der Waals surface area contributed by atoms with Gasteiger partial charge in [0.05, 0.1) is 18.8 Å². The molecule has 2 aliphatic carbocycles. The topological polar surface area (TPSA) is 146 Å². The lowest BCUT2D eigenvalue weighted by Crippen LogP contribution is -2.52. The van der Waals surface area contributed by atoms with E-state index in [0.717, 1.165) is 68.7 Å². The van der Waals surface area contributed by atoms with Gasteiger partial charge >= 0.3 is 0 Å². The predicted molar refractivity (Wildman–Crippen MR) is 166 cm³/mol. The SMILES string of the molecule is COc1ccc2[nH]c(C(=O)C[C@H](CC3CCCCC3)C(=O)N[C@@H](C[C@@H]3CCNC3=O)C(=O)C(=O)NC3CCCCC3)cc2c1. The van der Waals surface area contributed by atoms with Crippen LogP contribution in [-0.2, 0) is 19.2 Å². The largest absolute Gasteiger partial charge is 0.497 e. The van der Waals surface area contributed by atoms with Gasteiger partial charge in [0.2, 0.25) is 17.6 Å². The van der Waals surface area contributed by atoms with Gasteiger partial charge in [-0.2, -0.15) is 0 Å². The number of ether oxygens (including phenoxy) is 1. The minimum absolute atomic E-state index is 0.0224. The number of fused-ring (bicyclic) bond motifs is 1. The number of H-pyrrole nitrogens is 1. The Morgan fingerprint density at radius 3 is 2.34 bits per heavy atom. The predicted octanol–water partition coefficient (Wildman–Crippen LogP) is 4.36. The summed E-state index contributed by atoms with van der Waals surface area (Å²) in [5, 5.41) is 9.35. The first-order valence-electron chi connectivity index (χ1n) is 16.4. The van der Waals surface area contributed by atoms with Crippen LogP contribution in [0, 0.1) is 17.8 Å². The van der Waals surface area contributed by atoms with E-state index in [4.69, 9.17) is 4.74 Å². The Balaban J connectivity index is 1.33. The molecule has 1 aromatic heterocycles. The van der Waals surface area contributed by atoms with Gasteiger partial charge in [-0.3, -0.25) is 24.0 Å². The van der Waals surface area contributed by atoms with Crippen LogP contribution in [0.3, 0.4) is 0 Å². The minimum Gasteiger partial charge on any atom is -0.497 e. The molecule has 44 heavy (non-hydrogen) atoms. The van der Waals surface area contributed by atoms with Crippen LogP contribution in [0.5, 0.6) is 5.75 Å². The molecule has 2 aromatic rings. The van der Waals surface area contributed by atoms with Gasteiger partial charge in [-0.15, -0.1) is 0 Å². The van der Waals surface area contributed by atoms with Crippen molar-refractivity contribution in [2.75, 3.05) is 13.7 Å². The maximum atomic E-state index is 13.9. The fourth-order valence-electron chi connectivity index (χ4n) is 7.17.